The van der Waals surface area contributed by atoms with Gasteiger partial charge in [-0.2, -0.15) is 0 Å². The average molecular weight is 392 g/mol. The number of pyridine rings is 1. The summed E-state index contributed by atoms with van der Waals surface area (Å²) in [5.74, 6) is -0.592. The van der Waals surface area contributed by atoms with Gasteiger partial charge in [-0.1, -0.05) is 22.0 Å². The number of rotatable bonds is 7. The van der Waals surface area contributed by atoms with Gasteiger partial charge in [0.05, 0.1) is 11.1 Å². The number of hydrogen-bond acceptors (Lipinski definition) is 4. The maximum absolute atomic E-state index is 12.3. The van der Waals surface area contributed by atoms with Gasteiger partial charge in [0, 0.05) is 42.8 Å². The van der Waals surface area contributed by atoms with E-state index in [1.54, 1.807) is 19.2 Å². The van der Waals surface area contributed by atoms with E-state index < -0.39 is 0 Å². The highest BCUT2D eigenvalue weighted by atomic mass is 79.9. The van der Waals surface area contributed by atoms with Gasteiger partial charge in [-0.05, 0) is 30.7 Å². The Hall–Kier alpha value is -2.25. The molecule has 0 aliphatic heterocycles. The number of nitrogens with zero attached hydrogens (tertiary/aromatic N) is 1. The molecule has 0 spiro atoms. The molecule has 24 heavy (non-hydrogen) atoms. The Labute approximate surface area is 148 Å². The molecule has 2 amide bonds. The fourth-order valence-electron chi connectivity index (χ4n) is 1.98. The van der Waals surface area contributed by atoms with Gasteiger partial charge in [-0.25, -0.2) is 0 Å². The highest BCUT2D eigenvalue weighted by Gasteiger charge is 2.11. The number of aromatic nitrogens is 1. The lowest BCUT2D eigenvalue weighted by atomic mass is 10.2. The molecular formula is C17H18BrN3O3. The van der Waals surface area contributed by atoms with E-state index in [1.165, 1.54) is 18.5 Å². The largest absolute Gasteiger partial charge is 0.385 e. The van der Waals surface area contributed by atoms with Crippen LogP contribution in [0.2, 0.25) is 0 Å². The average Bonchev–Trinajstić information content (AvgIpc) is 2.58. The molecule has 0 fully saturated rings. The van der Waals surface area contributed by atoms with Crippen LogP contribution >= 0.6 is 15.9 Å². The molecule has 0 aliphatic carbocycles. The first-order valence-corrected chi connectivity index (χ1v) is 8.18. The summed E-state index contributed by atoms with van der Waals surface area (Å²) in [7, 11) is 1.61. The Morgan fingerprint density at radius 1 is 1.17 bits per heavy atom. The molecule has 0 saturated carbocycles. The van der Waals surface area contributed by atoms with Crippen LogP contribution in [0, 0.1) is 0 Å². The van der Waals surface area contributed by atoms with E-state index in [0.717, 1.165) is 10.9 Å². The van der Waals surface area contributed by atoms with Crippen molar-refractivity contribution < 1.29 is 14.3 Å². The number of carbonyl (C=O) groups is 2. The van der Waals surface area contributed by atoms with Crippen LogP contribution in [-0.2, 0) is 4.74 Å². The van der Waals surface area contributed by atoms with E-state index in [0.29, 0.717) is 30.0 Å². The third-order valence-electron chi connectivity index (χ3n) is 3.16. The fourth-order valence-corrected chi connectivity index (χ4v) is 2.38. The SMILES string of the molecule is COCCCNC(=O)c1cncc(C(=O)Nc2cccc(Br)c2)c1. The highest BCUT2D eigenvalue weighted by Crippen LogP contribution is 2.16. The number of methoxy groups -OCH3 is 1. The molecular weight excluding hydrogens is 374 g/mol. The predicted octanol–water partition coefficient (Wildman–Crippen LogP) is 2.86. The molecule has 1 aromatic carbocycles. The van der Waals surface area contributed by atoms with E-state index in [1.807, 2.05) is 12.1 Å². The van der Waals surface area contributed by atoms with Gasteiger partial charge in [0.15, 0.2) is 0 Å². The standard InChI is InChI=1S/C17H18BrN3O3/c1-24-7-3-6-20-16(22)12-8-13(11-19-10-12)17(23)21-15-5-2-4-14(18)9-15/h2,4-5,8-11H,3,6-7H2,1H3,(H,20,22)(H,21,23). The van der Waals surface area contributed by atoms with E-state index >= 15 is 0 Å². The summed E-state index contributed by atoms with van der Waals surface area (Å²) in [5.41, 5.74) is 1.32. The van der Waals surface area contributed by atoms with Crippen LogP contribution in [0.4, 0.5) is 5.69 Å². The summed E-state index contributed by atoms with van der Waals surface area (Å²) in [6.07, 6.45) is 3.58. The zero-order valence-electron chi connectivity index (χ0n) is 13.2. The summed E-state index contributed by atoms with van der Waals surface area (Å²) >= 11 is 3.35. The van der Waals surface area contributed by atoms with Crippen LogP contribution in [0.25, 0.3) is 0 Å². The summed E-state index contributed by atoms with van der Waals surface area (Å²) in [6, 6.07) is 8.78. The van der Waals surface area contributed by atoms with Gasteiger partial charge in [0.25, 0.3) is 11.8 Å². The number of benzene rings is 1. The smallest absolute Gasteiger partial charge is 0.257 e. The van der Waals surface area contributed by atoms with Gasteiger partial charge in [-0.3, -0.25) is 14.6 Å². The molecule has 2 aromatic rings. The molecule has 0 radical (unpaired) electrons. The number of ether oxygens (including phenoxy) is 1. The van der Waals surface area contributed by atoms with Crippen LogP contribution in [-0.4, -0.2) is 37.1 Å². The molecule has 1 heterocycles. The summed E-state index contributed by atoms with van der Waals surface area (Å²) < 4.78 is 5.79. The maximum Gasteiger partial charge on any atom is 0.257 e. The number of halogens is 1. The van der Waals surface area contributed by atoms with Crippen molar-refractivity contribution in [1.82, 2.24) is 10.3 Å². The first-order valence-electron chi connectivity index (χ1n) is 7.39. The van der Waals surface area contributed by atoms with Crippen LogP contribution in [0.15, 0.2) is 47.2 Å². The molecule has 0 saturated heterocycles. The summed E-state index contributed by atoms with van der Waals surface area (Å²) in [4.78, 5) is 28.3. The first kappa shape index (κ1) is 18.1. The summed E-state index contributed by atoms with van der Waals surface area (Å²) in [5, 5.41) is 5.53. The molecule has 2 N–H and O–H groups in total. The lowest BCUT2D eigenvalue weighted by Gasteiger charge is -2.08. The monoisotopic (exact) mass is 391 g/mol. The van der Waals surface area contributed by atoms with Gasteiger partial charge in [0.1, 0.15) is 0 Å². The first-order chi connectivity index (χ1) is 11.6. The molecule has 1 aromatic heterocycles. The van der Waals surface area contributed by atoms with Gasteiger partial charge in [-0.15, -0.1) is 0 Å². The molecule has 7 heteroatoms. The van der Waals surface area contributed by atoms with Crippen molar-refractivity contribution in [3.05, 3.63) is 58.3 Å². The minimum absolute atomic E-state index is 0.268. The quantitative estimate of drug-likeness (QED) is 0.711. The van der Waals surface area contributed by atoms with E-state index in [2.05, 4.69) is 31.5 Å². The maximum atomic E-state index is 12.3. The van der Waals surface area contributed by atoms with Gasteiger partial charge < -0.3 is 15.4 Å². The van der Waals surface area contributed by atoms with Crippen molar-refractivity contribution in [2.45, 2.75) is 6.42 Å². The minimum Gasteiger partial charge on any atom is -0.385 e. The molecule has 0 aliphatic rings. The second-order valence-electron chi connectivity index (χ2n) is 5.03. The Morgan fingerprint density at radius 2 is 1.92 bits per heavy atom. The Balaban J connectivity index is 2.01. The topological polar surface area (TPSA) is 80.3 Å². The Morgan fingerprint density at radius 3 is 2.62 bits per heavy atom. The lowest BCUT2D eigenvalue weighted by Crippen LogP contribution is -2.25. The molecule has 0 bridgehead atoms. The molecule has 126 valence electrons. The van der Waals surface area contributed by atoms with E-state index in [-0.39, 0.29) is 11.8 Å². The number of hydrogen-bond donors (Lipinski definition) is 2. The minimum atomic E-state index is -0.324. The number of carbonyl (C=O) groups excluding carboxylic acids is 2. The van der Waals surface area contributed by atoms with Crippen molar-refractivity contribution in [2.24, 2.45) is 0 Å². The predicted molar refractivity (Wildman–Crippen MR) is 95.2 cm³/mol. The zero-order valence-corrected chi connectivity index (χ0v) is 14.8. The number of nitrogens with one attached hydrogen (secondary N) is 2. The Kier molecular flexibility index (Phi) is 6.89. The number of amides is 2. The van der Waals surface area contributed by atoms with Crippen molar-refractivity contribution >= 4 is 33.4 Å². The van der Waals surface area contributed by atoms with Crippen molar-refractivity contribution in [3.63, 3.8) is 0 Å². The lowest BCUT2D eigenvalue weighted by molar-refractivity contribution is 0.0948. The second kappa shape index (κ2) is 9.14. The molecule has 0 unspecified atom stereocenters. The van der Waals surface area contributed by atoms with Crippen molar-refractivity contribution in [3.8, 4) is 0 Å². The zero-order chi connectivity index (χ0) is 17.4. The normalized spacial score (nSPS) is 10.2. The third kappa shape index (κ3) is 5.43. The second-order valence-corrected chi connectivity index (χ2v) is 5.94. The summed E-state index contributed by atoms with van der Waals surface area (Å²) in [6.45, 7) is 1.08. The van der Waals surface area contributed by atoms with E-state index in [4.69, 9.17) is 4.74 Å². The third-order valence-corrected chi connectivity index (χ3v) is 3.65. The van der Waals surface area contributed by atoms with Crippen molar-refractivity contribution in [2.75, 3.05) is 25.6 Å². The molecule has 2 rings (SSSR count). The fraction of sp³-hybridized carbons (Fsp3) is 0.235. The van der Waals surface area contributed by atoms with Gasteiger partial charge >= 0.3 is 0 Å². The van der Waals surface area contributed by atoms with Crippen LogP contribution in [0.1, 0.15) is 27.1 Å². The van der Waals surface area contributed by atoms with Crippen LogP contribution in [0.5, 0.6) is 0 Å². The molecule has 0 atom stereocenters. The Bertz CT molecular complexity index is 722. The molecule has 6 nitrogen and oxygen atoms in total. The van der Waals surface area contributed by atoms with Crippen molar-refractivity contribution in [1.29, 1.82) is 0 Å². The van der Waals surface area contributed by atoms with Crippen LogP contribution < -0.4 is 10.6 Å². The number of anilines is 1. The van der Waals surface area contributed by atoms with E-state index in [9.17, 15) is 9.59 Å². The van der Waals surface area contributed by atoms with Gasteiger partial charge in [0.2, 0.25) is 0 Å². The van der Waals surface area contributed by atoms with Crippen LogP contribution in [0.3, 0.4) is 0 Å². The highest BCUT2D eigenvalue weighted by molar-refractivity contribution is 9.10.